The second-order valence-electron chi connectivity index (χ2n) is 5.89. The summed E-state index contributed by atoms with van der Waals surface area (Å²) in [5.74, 6) is -12.4. The van der Waals surface area contributed by atoms with Gasteiger partial charge in [0.15, 0.2) is 23.3 Å². The van der Waals surface area contributed by atoms with Gasteiger partial charge in [0.1, 0.15) is 6.04 Å². The van der Waals surface area contributed by atoms with Crippen molar-refractivity contribution in [1.29, 1.82) is 0 Å². The normalized spacial score (nSPS) is 12.3. The number of carbonyl (C=O) groups excluding carboxylic acids is 2. The lowest BCUT2D eigenvalue weighted by Gasteiger charge is -2.26. The van der Waals surface area contributed by atoms with Crippen molar-refractivity contribution in [2.75, 3.05) is 19.7 Å². The molecule has 2 amide bonds. The van der Waals surface area contributed by atoms with Gasteiger partial charge < -0.3 is 15.3 Å². The fourth-order valence-electron chi connectivity index (χ4n) is 2.42. The van der Waals surface area contributed by atoms with E-state index in [1.54, 1.807) is 0 Å². The predicted octanol–water partition coefficient (Wildman–Crippen LogP) is 2.52. The summed E-state index contributed by atoms with van der Waals surface area (Å²) >= 11 is 0. The van der Waals surface area contributed by atoms with Crippen LogP contribution in [0.2, 0.25) is 0 Å². The standard InChI is InChI=1S/C18H21F5N2O3/c1-3-7-25(8-4-2)18(28)11(9-26)24-12(27)6-5-10-13(19)15(21)17(23)16(22)14(10)20/h5-6,11,26H,3-4,7-9H2,1-2H3,(H,24,27). The summed E-state index contributed by atoms with van der Waals surface area (Å²) in [4.78, 5) is 25.7. The number of halogens is 5. The molecule has 5 nitrogen and oxygen atoms in total. The lowest BCUT2D eigenvalue weighted by molar-refractivity contribution is -0.136. The van der Waals surface area contributed by atoms with Crippen LogP contribution in [-0.2, 0) is 9.59 Å². The van der Waals surface area contributed by atoms with Gasteiger partial charge in [0.25, 0.3) is 0 Å². The van der Waals surface area contributed by atoms with Gasteiger partial charge in [-0.05, 0) is 18.9 Å². The van der Waals surface area contributed by atoms with Crippen LogP contribution in [0.15, 0.2) is 6.08 Å². The zero-order valence-corrected chi connectivity index (χ0v) is 15.4. The van der Waals surface area contributed by atoms with Crippen LogP contribution in [0.1, 0.15) is 32.3 Å². The molecule has 0 heterocycles. The van der Waals surface area contributed by atoms with E-state index in [1.165, 1.54) is 4.90 Å². The van der Waals surface area contributed by atoms with E-state index in [2.05, 4.69) is 5.32 Å². The Kier molecular flexibility index (Phi) is 9.04. The number of hydrogen-bond donors (Lipinski definition) is 2. The van der Waals surface area contributed by atoms with Crippen LogP contribution in [0.4, 0.5) is 22.0 Å². The fourth-order valence-corrected chi connectivity index (χ4v) is 2.42. The van der Waals surface area contributed by atoms with E-state index in [0.717, 1.165) is 0 Å². The molecule has 10 heteroatoms. The first-order valence-electron chi connectivity index (χ1n) is 8.59. The van der Waals surface area contributed by atoms with Crippen molar-refractivity contribution in [3.8, 4) is 0 Å². The molecular formula is C18H21F5N2O3. The van der Waals surface area contributed by atoms with Crippen LogP contribution < -0.4 is 5.32 Å². The van der Waals surface area contributed by atoms with Gasteiger partial charge in [-0.1, -0.05) is 13.8 Å². The first-order valence-corrected chi connectivity index (χ1v) is 8.59. The summed E-state index contributed by atoms with van der Waals surface area (Å²) in [7, 11) is 0. The maximum absolute atomic E-state index is 13.6. The molecule has 0 aliphatic heterocycles. The minimum atomic E-state index is -2.31. The maximum atomic E-state index is 13.6. The first kappa shape index (κ1) is 23.5. The molecule has 0 saturated carbocycles. The number of nitrogens with one attached hydrogen (secondary N) is 1. The summed E-state index contributed by atoms with van der Waals surface area (Å²) in [6.07, 6.45) is 2.22. The van der Waals surface area contributed by atoms with Crippen molar-refractivity contribution >= 4 is 17.9 Å². The third-order valence-corrected chi connectivity index (χ3v) is 3.74. The van der Waals surface area contributed by atoms with Crippen molar-refractivity contribution in [2.24, 2.45) is 0 Å². The number of nitrogens with zero attached hydrogens (tertiary/aromatic N) is 1. The Morgan fingerprint density at radius 3 is 1.86 bits per heavy atom. The molecule has 1 rings (SSSR count). The topological polar surface area (TPSA) is 69.6 Å². The Morgan fingerprint density at radius 1 is 0.964 bits per heavy atom. The summed E-state index contributed by atoms with van der Waals surface area (Å²) in [6, 6.07) is -1.31. The second-order valence-corrected chi connectivity index (χ2v) is 5.89. The van der Waals surface area contributed by atoms with Crippen LogP contribution in [0.3, 0.4) is 0 Å². The Bertz CT molecular complexity index is 720. The van der Waals surface area contributed by atoms with Crippen LogP contribution in [0, 0.1) is 29.1 Å². The van der Waals surface area contributed by atoms with Crippen molar-refractivity contribution in [1.82, 2.24) is 10.2 Å². The lowest BCUT2D eigenvalue weighted by Crippen LogP contribution is -2.50. The molecule has 1 aromatic carbocycles. The quantitative estimate of drug-likeness (QED) is 0.286. The maximum Gasteiger partial charge on any atom is 0.247 e. The van der Waals surface area contributed by atoms with Gasteiger partial charge in [-0.2, -0.15) is 0 Å². The highest BCUT2D eigenvalue weighted by Gasteiger charge is 2.26. The molecule has 156 valence electrons. The summed E-state index contributed by atoms with van der Waals surface area (Å²) in [6.45, 7) is 3.76. The molecule has 1 unspecified atom stereocenters. The van der Waals surface area contributed by atoms with Crippen LogP contribution in [-0.4, -0.2) is 47.6 Å². The van der Waals surface area contributed by atoms with Gasteiger partial charge in [0.2, 0.25) is 17.6 Å². The Balaban J connectivity index is 2.97. The Labute approximate surface area is 158 Å². The van der Waals surface area contributed by atoms with Crippen molar-refractivity contribution in [3.63, 3.8) is 0 Å². The zero-order valence-electron chi connectivity index (χ0n) is 15.4. The number of benzene rings is 1. The van der Waals surface area contributed by atoms with Crippen molar-refractivity contribution < 1.29 is 36.6 Å². The van der Waals surface area contributed by atoms with Crippen LogP contribution >= 0.6 is 0 Å². The zero-order chi connectivity index (χ0) is 21.4. The lowest BCUT2D eigenvalue weighted by atomic mass is 10.1. The molecule has 0 aliphatic carbocycles. The Morgan fingerprint density at radius 2 is 1.43 bits per heavy atom. The highest BCUT2D eigenvalue weighted by atomic mass is 19.2. The molecule has 0 bridgehead atoms. The van der Waals surface area contributed by atoms with Gasteiger partial charge in [-0.25, -0.2) is 22.0 Å². The van der Waals surface area contributed by atoms with Gasteiger partial charge >= 0.3 is 0 Å². The molecule has 0 spiro atoms. The molecule has 28 heavy (non-hydrogen) atoms. The number of hydrogen-bond acceptors (Lipinski definition) is 3. The molecule has 1 atom stereocenters. The van der Waals surface area contributed by atoms with Crippen molar-refractivity contribution in [2.45, 2.75) is 32.7 Å². The van der Waals surface area contributed by atoms with E-state index < -0.39 is 59.1 Å². The second kappa shape index (κ2) is 10.7. The van der Waals surface area contributed by atoms with E-state index in [4.69, 9.17) is 0 Å². The highest BCUT2D eigenvalue weighted by Crippen LogP contribution is 2.23. The summed E-state index contributed by atoms with van der Waals surface area (Å²) in [5.41, 5.74) is -1.29. The SMILES string of the molecule is CCCN(CCC)C(=O)C(CO)NC(=O)C=Cc1c(F)c(F)c(F)c(F)c1F. The molecule has 1 aromatic rings. The van der Waals surface area contributed by atoms with E-state index in [0.29, 0.717) is 38.1 Å². The van der Waals surface area contributed by atoms with E-state index in [-0.39, 0.29) is 0 Å². The predicted molar refractivity (Wildman–Crippen MR) is 91.4 cm³/mol. The largest absolute Gasteiger partial charge is 0.394 e. The summed E-state index contributed by atoms with van der Waals surface area (Å²) < 4.78 is 66.5. The monoisotopic (exact) mass is 408 g/mol. The minimum absolute atomic E-state index is 0.402. The molecule has 0 fully saturated rings. The number of carbonyl (C=O) groups is 2. The van der Waals surface area contributed by atoms with Gasteiger partial charge in [0, 0.05) is 19.2 Å². The van der Waals surface area contributed by atoms with Crippen LogP contribution in [0.5, 0.6) is 0 Å². The average molecular weight is 408 g/mol. The first-order chi connectivity index (χ1) is 13.2. The van der Waals surface area contributed by atoms with Gasteiger partial charge in [-0.3, -0.25) is 9.59 Å². The molecule has 0 saturated heterocycles. The van der Waals surface area contributed by atoms with Crippen LogP contribution in [0.25, 0.3) is 6.08 Å². The molecule has 0 radical (unpaired) electrons. The average Bonchev–Trinajstić information content (AvgIpc) is 2.68. The Hall–Kier alpha value is -2.49. The van der Waals surface area contributed by atoms with Gasteiger partial charge in [-0.15, -0.1) is 0 Å². The number of aliphatic hydroxyl groups excluding tert-OH is 1. The van der Waals surface area contributed by atoms with Crippen molar-refractivity contribution in [3.05, 3.63) is 40.7 Å². The van der Waals surface area contributed by atoms with E-state index >= 15 is 0 Å². The number of aliphatic hydroxyl groups is 1. The fraction of sp³-hybridized carbons (Fsp3) is 0.444. The molecule has 0 aromatic heterocycles. The minimum Gasteiger partial charge on any atom is -0.394 e. The van der Waals surface area contributed by atoms with E-state index in [1.807, 2.05) is 13.8 Å². The molecular weight excluding hydrogens is 387 g/mol. The highest BCUT2D eigenvalue weighted by molar-refractivity contribution is 5.95. The third-order valence-electron chi connectivity index (χ3n) is 3.74. The smallest absolute Gasteiger partial charge is 0.247 e. The third kappa shape index (κ3) is 5.51. The number of amides is 2. The molecule has 2 N–H and O–H groups in total. The van der Waals surface area contributed by atoms with E-state index in [9.17, 15) is 36.6 Å². The molecule has 0 aliphatic rings. The number of rotatable bonds is 9. The van der Waals surface area contributed by atoms with Gasteiger partial charge in [0.05, 0.1) is 12.2 Å². The summed E-state index contributed by atoms with van der Waals surface area (Å²) in [5, 5.41) is 11.5.